The minimum absolute atomic E-state index is 0.130. The molecule has 0 aromatic heterocycles. The lowest BCUT2D eigenvalue weighted by atomic mass is 9.98. The first kappa shape index (κ1) is 39.6. The third kappa shape index (κ3) is 10.3. The van der Waals surface area contributed by atoms with Gasteiger partial charge in [-0.15, -0.1) is 0 Å². The maximum Gasteiger partial charge on any atom is 0.243 e. The summed E-state index contributed by atoms with van der Waals surface area (Å²) in [7, 11) is 0. The monoisotopic (exact) mass is 750 g/mol. The molecule has 0 bridgehead atoms. The Morgan fingerprint density at radius 2 is 0.857 bits per heavy atom. The lowest BCUT2D eigenvalue weighted by Gasteiger charge is -2.26. The zero-order chi connectivity index (χ0) is 39.4. The molecule has 6 aromatic rings. The summed E-state index contributed by atoms with van der Waals surface area (Å²) >= 11 is 0. The van der Waals surface area contributed by atoms with Crippen LogP contribution in [-0.4, -0.2) is 60.9 Å². The fourth-order valence-electron chi connectivity index (χ4n) is 6.88. The number of hydrogen-bond acceptors (Lipinski definition) is 6. The van der Waals surface area contributed by atoms with Gasteiger partial charge in [0.05, 0.1) is 6.04 Å². The molecule has 0 radical (unpaired) electrons. The summed E-state index contributed by atoms with van der Waals surface area (Å²) in [6.07, 6.45) is 1.48. The van der Waals surface area contributed by atoms with Crippen molar-refractivity contribution in [3.8, 4) is 0 Å². The van der Waals surface area contributed by atoms with E-state index < -0.39 is 41.9 Å². The molecule has 0 fully saturated rings. The van der Waals surface area contributed by atoms with Crippen LogP contribution in [0.25, 0.3) is 32.3 Å². The number of hydrogen-bond donors (Lipinski definition) is 6. The van der Waals surface area contributed by atoms with Crippen LogP contribution in [0.3, 0.4) is 0 Å². The fourth-order valence-corrected chi connectivity index (χ4v) is 6.88. The van der Waals surface area contributed by atoms with Gasteiger partial charge in [-0.05, 0) is 68.4 Å². The van der Waals surface area contributed by atoms with Gasteiger partial charge >= 0.3 is 0 Å². The Morgan fingerprint density at radius 3 is 1.23 bits per heavy atom. The molecule has 6 rings (SSSR count). The van der Waals surface area contributed by atoms with Crippen molar-refractivity contribution < 1.29 is 19.2 Å². The van der Waals surface area contributed by atoms with Gasteiger partial charge in [-0.1, -0.05) is 134 Å². The van der Waals surface area contributed by atoms with E-state index in [2.05, 4.69) is 21.3 Å². The molecule has 0 saturated heterocycles. The minimum Gasteiger partial charge on any atom is -0.354 e. The highest BCUT2D eigenvalue weighted by atomic mass is 16.2. The van der Waals surface area contributed by atoms with E-state index in [4.69, 9.17) is 11.5 Å². The first-order valence-corrected chi connectivity index (χ1v) is 19.3. The Morgan fingerprint density at radius 1 is 0.500 bits per heavy atom. The van der Waals surface area contributed by atoms with Crippen molar-refractivity contribution in [2.45, 2.75) is 63.2 Å². The van der Waals surface area contributed by atoms with Gasteiger partial charge < -0.3 is 32.7 Å². The van der Waals surface area contributed by atoms with Crippen molar-refractivity contribution in [2.24, 2.45) is 11.5 Å². The van der Waals surface area contributed by atoms with Crippen molar-refractivity contribution in [1.82, 2.24) is 21.3 Å². The second kappa shape index (κ2) is 19.0. The van der Waals surface area contributed by atoms with Gasteiger partial charge in [-0.2, -0.15) is 0 Å². The summed E-state index contributed by atoms with van der Waals surface area (Å²) in [6, 6.07) is 37.6. The first-order chi connectivity index (χ1) is 27.2. The Balaban J connectivity index is 1.30. The molecule has 288 valence electrons. The van der Waals surface area contributed by atoms with E-state index in [9.17, 15) is 19.2 Å². The summed E-state index contributed by atoms with van der Waals surface area (Å²) in [6.45, 7) is 2.56. The Labute approximate surface area is 327 Å². The van der Waals surface area contributed by atoms with Gasteiger partial charge in [0.2, 0.25) is 23.6 Å². The molecule has 10 heteroatoms. The predicted octanol–water partition coefficient (Wildman–Crippen LogP) is 4.83. The predicted molar refractivity (Wildman–Crippen MR) is 224 cm³/mol. The Bertz CT molecular complexity index is 2330. The molecular weight excluding hydrogens is 701 g/mol. The Kier molecular flexibility index (Phi) is 13.4. The lowest BCUT2D eigenvalue weighted by Crippen LogP contribution is -2.59. The van der Waals surface area contributed by atoms with Gasteiger partial charge in [-0.3, -0.25) is 19.2 Å². The van der Waals surface area contributed by atoms with Crippen LogP contribution in [0.4, 0.5) is 0 Å². The van der Waals surface area contributed by atoms with Crippen molar-refractivity contribution >= 4 is 55.9 Å². The molecule has 4 amide bonds. The number of fused-ring (bicyclic) bond motifs is 3. The van der Waals surface area contributed by atoms with Crippen LogP contribution >= 0.6 is 0 Å². The molecule has 10 nitrogen and oxygen atoms in total. The lowest BCUT2D eigenvalue weighted by molar-refractivity contribution is -0.133. The van der Waals surface area contributed by atoms with Crippen molar-refractivity contribution in [3.05, 3.63) is 144 Å². The molecule has 0 heterocycles. The maximum atomic E-state index is 14.5. The van der Waals surface area contributed by atoms with Crippen LogP contribution < -0.4 is 32.7 Å². The van der Waals surface area contributed by atoms with Gasteiger partial charge in [0.15, 0.2) is 0 Å². The van der Waals surface area contributed by atoms with Crippen LogP contribution in [0, 0.1) is 0 Å². The number of benzene rings is 6. The number of nitrogens with one attached hydrogen (secondary N) is 4. The number of rotatable bonds is 17. The van der Waals surface area contributed by atoms with E-state index in [1.54, 1.807) is 6.92 Å². The zero-order valence-corrected chi connectivity index (χ0v) is 31.7. The zero-order valence-electron chi connectivity index (χ0n) is 31.7. The van der Waals surface area contributed by atoms with E-state index in [0.717, 1.165) is 49.0 Å². The van der Waals surface area contributed by atoms with Crippen molar-refractivity contribution in [2.75, 3.05) is 13.1 Å². The molecule has 4 atom stereocenters. The minimum atomic E-state index is -1.10. The summed E-state index contributed by atoms with van der Waals surface area (Å²) < 4.78 is 0. The van der Waals surface area contributed by atoms with Gasteiger partial charge in [0, 0.05) is 25.8 Å². The number of amides is 4. The van der Waals surface area contributed by atoms with Gasteiger partial charge in [0.1, 0.15) is 18.1 Å². The highest BCUT2D eigenvalue weighted by Crippen LogP contribution is 2.20. The van der Waals surface area contributed by atoms with Crippen molar-refractivity contribution in [3.63, 3.8) is 0 Å². The topological polar surface area (TPSA) is 168 Å². The third-order valence-corrected chi connectivity index (χ3v) is 10.1. The highest BCUT2D eigenvalue weighted by Gasteiger charge is 2.31. The van der Waals surface area contributed by atoms with E-state index in [-0.39, 0.29) is 25.2 Å². The third-order valence-electron chi connectivity index (χ3n) is 10.1. The van der Waals surface area contributed by atoms with Crippen LogP contribution in [0.2, 0.25) is 0 Å². The molecule has 6 aromatic carbocycles. The fraction of sp³-hybridized carbons (Fsp3) is 0.261. The van der Waals surface area contributed by atoms with E-state index in [0.29, 0.717) is 25.9 Å². The molecule has 0 aliphatic rings. The second-order valence-electron chi connectivity index (χ2n) is 14.3. The maximum absolute atomic E-state index is 14.5. The van der Waals surface area contributed by atoms with Gasteiger partial charge in [0.25, 0.3) is 0 Å². The second-order valence-corrected chi connectivity index (χ2v) is 14.3. The number of carbonyl (C=O) groups excluding carboxylic acids is 4. The smallest absolute Gasteiger partial charge is 0.243 e. The van der Waals surface area contributed by atoms with Gasteiger partial charge in [-0.25, -0.2) is 0 Å². The largest absolute Gasteiger partial charge is 0.354 e. The van der Waals surface area contributed by atoms with Crippen LogP contribution in [0.15, 0.2) is 127 Å². The van der Waals surface area contributed by atoms with Crippen LogP contribution in [0.5, 0.6) is 0 Å². The average molecular weight is 751 g/mol. The summed E-state index contributed by atoms with van der Waals surface area (Å²) in [5.74, 6) is -1.90. The molecule has 0 spiro atoms. The molecule has 0 aliphatic heterocycles. The van der Waals surface area contributed by atoms with Crippen LogP contribution in [0.1, 0.15) is 36.5 Å². The standard InChI is InChI=1S/C46H50N6O4/c1-2-39(48)43(53)50-41(28-31-17-20-34-11-4-7-14-37(34)25-31)45(55)52-42(29-32-18-21-35-12-5-8-15-38(35)26-32)46(56)51-40(44(54)49-23-9-22-47)27-30-16-19-33-10-3-6-13-36(33)24-30/h3-8,10-21,24-26,39-42H,2,9,22-23,27-29,47-48H2,1H3,(H,49,54)(H,50,53)(H,51,56)(H,52,55)/t39-,40-,41+,42+/m0/s1. The average Bonchev–Trinajstić information content (AvgIpc) is 3.22. The SMILES string of the molecule is CC[C@H](N)C(=O)N[C@H](Cc1ccc2ccccc2c1)C(=O)N[C@H](Cc1ccc2ccccc2c1)C(=O)N[C@@H](Cc1ccc2ccccc2c1)C(=O)NCCCN. The number of carbonyl (C=O) groups is 4. The number of nitrogens with two attached hydrogens (primary N) is 2. The van der Waals surface area contributed by atoms with E-state index in [1.165, 1.54) is 0 Å². The summed E-state index contributed by atoms with van der Waals surface area (Å²) in [5, 5.41) is 17.8. The normalized spacial score (nSPS) is 13.4. The summed E-state index contributed by atoms with van der Waals surface area (Å²) in [5.41, 5.74) is 14.3. The molecule has 8 N–H and O–H groups in total. The molecule has 56 heavy (non-hydrogen) atoms. The van der Waals surface area contributed by atoms with Crippen LogP contribution in [-0.2, 0) is 38.4 Å². The van der Waals surface area contributed by atoms with E-state index in [1.807, 2.05) is 127 Å². The molecule has 0 aliphatic carbocycles. The molecule has 0 saturated carbocycles. The Hall–Kier alpha value is -6.10. The first-order valence-electron chi connectivity index (χ1n) is 19.3. The summed E-state index contributed by atoms with van der Waals surface area (Å²) in [4.78, 5) is 55.7. The van der Waals surface area contributed by atoms with E-state index >= 15 is 0 Å². The highest BCUT2D eigenvalue weighted by molar-refractivity contribution is 5.96. The molecule has 0 unspecified atom stereocenters. The molecular formula is C46H50N6O4. The quantitative estimate of drug-likeness (QED) is 0.0731. The van der Waals surface area contributed by atoms with Crippen molar-refractivity contribution in [1.29, 1.82) is 0 Å².